The third-order valence-corrected chi connectivity index (χ3v) is 2.05. The third-order valence-electron chi connectivity index (χ3n) is 2.05. The number of nitrogens with zero attached hydrogens (tertiary/aromatic N) is 1. The minimum absolute atomic E-state index is 0.409. The van der Waals surface area contributed by atoms with Gasteiger partial charge in [0.1, 0.15) is 5.82 Å². The van der Waals surface area contributed by atoms with Crippen molar-refractivity contribution >= 4 is 5.97 Å². The van der Waals surface area contributed by atoms with Crippen LogP contribution < -0.4 is 0 Å². The zero-order valence-corrected chi connectivity index (χ0v) is 8.15. The first-order valence-electron chi connectivity index (χ1n) is 4.38. The smallest absolute Gasteiger partial charge is 0.358 e. The number of aromatic nitrogens is 1. The minimum Gasteiger partial charge on any atom is -0.505 e. The second-order valence-corrected chi connectivity index (χ2v) is 3.14. The molecule has 0 unspecified atom stereocenters. The Morgan fingerprint density at radius 1 is 1.35 bits per heavy atom. The van der Waals surface area contributed by atoms with Gasteiger partial charge in [0.15, 0.2) is 23.0 Å². The Hall–Kier alpha value is -2.44. The molecule has 2 aromatic rings. The second-order valence-electron chi connectivity index (χ2n) is 3.14. The highest BCUT2D eigenvalue weighted by Gasteiger charge is 2.21. The summed E-state index contributed by atoms with van der Waals surface area (Å²) in [5.74, 6) is -4.80. The fourth-order valence-corrected chi connectivity index (χ4v) is 1.26. The van der Waals surface area contributed by atoms with E-state index in [9.17, 15) is 13.6 Å². The van der Waals surface area contributed by atoms with Gasteiger partial charge in [-0.25, -0.2) is 13.6 Å². The Morgan fingerprint density at radius 2 is 2.06 bits per heavy atom. The van der Waals surface area contributed by atoms with Crippen LogP contribution in [0, 0.1) is 11.6 Å². The number of carboxylic acid groups (broad SMARTS) is 1. The number of carboxylic acids is 1. The molecule has 0 aliphatic carbocycles. The molecule has 0 spiro atoms. The summed E-state index contributed by atoms with van der Waals surface area (Å²) in [6.45, 7) is 0. The molecule has 0 atom stereocenters. The van der Waals surface area contributed by atoms with Gasteiger partial charge in [0.25, 0.3) is 0 Å². The van der Waals surface area contributed by atoms with E-state index in [2.05, 4.69) is 9.68 Å². The molecule has 2 rings (SSSR count). The highest BCUT2D eigenvalue weighted by molar-refractivity contribution is 5.86. The number of rotatable bonds is 2. The fraction of sp³-hybridized carbons (Fsp3) is 0. The number of phenols is 1. The van der Waals surface area contributed by atoms with Crippen molar-refractivity contribution in [2.24, 2.45) is 0 Å². The highest BCUT2D eigenvalue weighted by atomic mass is 19.1. The van der Waals surface area contributed by atoms with Gasteiger partial charge in [0.05, 0.1) is 5.56 Å². The van der Waals surface area contributed by atoms with Gasteiger partial charge in [-0.05, 0) is 12.1 Å². The monoisotopic (exact) mass is 241 g/mol. The maximum Gasteiger partial charge on any atom is 0.358 e. The lowest BCUT2D eigenvalue weighted by Gasteiger charge is -2.01. The Kier molecular flexibility index (Phi) is 2.51. The first kappa shape index (κ1) is 11.1. The summed E-state index contributed by atoms with van der Waals surface area (Å²) in [5.41, 5.74) is -1.15. The quantitative estimate of drug-likeness (QED) is 0.840. The molecule has 5 nitrogen and oxygen atoms in total. The molecule has 2 N–H and O–H groups in total. The molecular formula is C10H5F2NO4. The summed E-state index contributed by atoms with van der Waals surface area (Å²) < 4.78 is 31.3. The molecule has 1 aromatic carbocycles. The fourth-order valence-electron chi connectivity index (χ4n) is 1.26. The molecule has 0 fully saturated rings. The van der Waals surface area contributed by atoms with Crippen LogP contribution in [-0.4, -0.2) is 21.3 Å². The molecule has 0 amide bonds. The van der Waals surface area contributed by atoms with Crippen LogP contribution in [0.4, 0.5) is 8.78 Å². The zero-order valence-electron chi connectivity index (χ0n) is 8.15. The van der Waals surface area contributed by atoms with E-state index in [1.165, 1.54) is 0 Å². The van der Waals surface area contributed by atoms with Crippen molar-refractivity contribution in [2.45, 2.75) is 0 Å². The van der Waals surface area contributed by atoms with Gasteiger partial charge in [0, 0.05) is 6.07 Å². The number of hydrogen-bond acceptors (Lipinski definition) is 4. The van der Waals surface area contributed by atoms with Crippen molar-refractivity contribution in [3.05, 3.63) is 35.5 Å². The van der Waals surface area contributed by atoms with Gasteiger partial charge in [0.2, 0.25) is 0 Å². The van der Waals surface area contributed by atoms with Crippen LogP contribution in [0.25, 0.3) is 11.3 Å². The zero-order chi connectivity index (χ0) is 12.6. The SMILES string of the molecule is O=C(O)c1cc(-c2c(F)ccc(O)c2F)on1. The summed E-state index contributed by atoms with van der Waals surface area (Å²) in [6.07, 6.45) is 0. The van der Waals surface area contributed by atoms with E-state index in [1.54, 1.807) is 0 Å². The largest absolute Gasteiger partial charge is 0.505 e. The summed E-state index contributed by atoms with van der Waals surface area (Å²) in [6, 6.07) is 2.53. The lowest BCUT2D eigenvalue weighted by atomic mass is 10.1. The molecule has 17 heavy (non-hydrogen) atoms. The van der Waals surface area contributed by atoms with Crippen molar-refractivity contribution in [3.63, 3.8) is 0 Å². The van der Waals surface area contributed by atoms with E-state index in [0.717, 1.165) is 18.2 Å². The van der Waals surface area contributed by atoms with Crippen molar-refractivity contribution in [3.8, 4) is 17.1 Å². The molecule has 1 aromatic heterocycles. The van der Waals surface area contributed by atoms with Gasteiger partial charge in [-0.15, -0.1) is 0 Å². The van der Waals surface area contributed by atoms with Gasteiger partial charge >= 0.3 is 5.97 Å². The third kappa shape index (κ3) is 1.82. The predicted octanol–water partition coefficient (Wildman–Crippen LogP) is 2.02. The molecule has 0 aliphatic rings. The summed E-state index contributed by atoms with van der Waals surface area (Å²) >= 11 is 0. The van der Waals surface area contributed by atoms with Gasteiger partial charge < -0.3 is 14.7 Å². The Balaban J connectivity index is 2.60. The lowest BCUT2D eigenvalue weighted by Crippen LogP contribution is -1.94. The van der Waals surface area contributed by atoms with E-state index in [0.29, 0.717) is 0 Å². The molecule has 0 radical (unpaired) electrons. The van der Waals surface area contributed by atoms with Crippen LogP contribution in [0.1, 0.15) is 10.5 Å². The molecular weight excluding hydrogens is 236 g/mol. The number of carbonyl (C=O) groups is 1. The van der Waals surface area contributed by atoms with E-state index < -0.39 is 40.4 Å². The van der Waals surface area contributed by atoms with Crippen LogP contribution in [0.2, 0.25) is 0 Å². The summed E-state index contributed by atoms with van der Waals surface area (Å²) in [5, 5.41) is 20.8. The van der Waals surface area contributed by atoms with Crippen molar-refractivity contribution in [2.75, 3.05) is 0 Å². The molecule has 0 aliphatic heterocycles. The second kappa shape index (κ2) is 3.85. The Labute approximate surface area is 92.9 Å². The van der Waals surface area contributed by atoms with Crippen molar-refractivity contribution in [1.29, 1.82) is 0 Å². The number of aromatic carboxylic acids is 1. The molecule has 0 saturated carbocycles. The molecule has 0 bridgehead atoms. The van der Waals surface area contributed by atoms with Crippen LogP contribution >= 0.6 is 0 Å². The van der Waals surface area contributed by atoms with Crippen LogP contribution in [0.15, 0.2) is 22.7 Å². The summed E-state index contributed by atoms with van der Waals surface area (Å²) in [7, 11) is 0. The first-order chi connectivity index (χ1) is 8.00. The van der Waals surface area contributed by atoms with Crippen molar-refractivity contribution in [1.82, 2.24) is 5.16 Å². The van der Waals surface area contributed by atoms with Gasteiger partial charge in [-0.2, -0.15) is 0 Å². The number of phenolic OH excluding ortho intramolecular Hbond substituents is 1. The highest BCUT2D eigenvalue weighted by Crippen LogP contribution is 2.31. The maximum absolute atomic E-state index is 13.4. The molecule has 7 heteroatoms. The first-order valence-corrected chi connectivity index (χ1v) is 4.38. The average Bonchev–Trinajstić information content (AvgIpc) is 2.73. The standard InChI is InChI=1S/C10H5F2NO4/c11-4-1-2-6(14)9(12)8(4)7-3-5(10(15)16)13-17-7/h1-3,14H,(H,15,16). The lowest BCUT2D eigenvalue weighted by molar-refractivity contribution is 0.0686. The molecule has 1 heterocycles. The normalized spacial score (nSPS) is 10.5. The predicted molar refractivity (Wildman–Crippen MR) is 50.5 cm³/mol. The van der Waals surface area contributed by atoms with E-state index >= 15 is 0 Å². The van der Waals surface area contributed by atoms with Gasteiger partial charge in [-0.3, -0.25) is 0 Å². The Bertz CT molecular complexity index is 594. The number of aromatic hydroxyl groups is 1. The van der Waals surface area contributed by atoms with Crippen LogP contribution in [-0.2, 0) is 0 Å². The Morgan fingerprint density at radius 3 is 2.65 bits per heavy atom. The molecule has 88 valence electrons. The van der Waals surface area contributed by atoms with Gasteiger partial charge in [-0.1, -0.05) is 5.16 Å². The maximum atomic E-state index is 13.4. The number of benzene rings is 1. The topological polar surface area (TPSA) is 83.6 Å². The van der Waals surface area contributed by atoms with E-state index in [1.807, 2.05) is 0 Å². The van der Waals surface area contributed by atoms with Crippen LogP contribution in [0.3, 0.4) is 0 Å². The van der Waals surface area contributed by atoms with E-state index in [-0.39, 0.29) is 0 Å². The average molecular weight is 241 g/mol. The molecule has 0 saturated heterocycles. The minimum atomic E-state index is -1.39. The number of hydrogen-bond donors (Lipinski definition) is 2. The van der Waals surface area contributed by atoms with E-state index in [4.69, 9.17) is 10.2 Å². The number of halogens is 2. The van der Waals surface area contributed by atoms with Crippen molar-refractivity contribution < 1.29 is 28.3 Å². The van der Waals surface area contributed by atoms with Crippen LogP contribution in [0.5, 0.6) is 5.75 Å². The summed E-state index contributed by atoms with van der Waals surface area (Å²) in [4.78, 5) is 10.5.